The lowest BCUT2D eigenvalue weighted by molar-refractivity contribution is -0.122. The molecule has 2 fully saturated rings. The Balaban J connectivity index is 1.33. The van der Waals surface area contributed by atoms with E-state index in [2.05, 4.69) is 31.4 Å². The summed E-state index contributed by atoms with van der Waals surface area (Å²) in [5.41, 5.74) is 1.15. The molecule has 6 nitrogen and oxygen atoms in total. The SMILES string of the molecule is O=C(Nc1ccc(N2CCN(c3cccc(Cl)c3)CC2)nn1)C1CCC1. The van der Waals surface area contributed by atoms with E-state index in [-0.39, 0.29) is 11.8 Å². The van der Waals surface area contributed by atoms with E-state index >= 15 is 0 Å². The molecule has 2 heterocycles. The Hall–Kier alpha value is -2.34. The van der Waals surface area contributed by atoms with Crippen molar-refractivity contribution >= 4 is 34.8 Å². The number of aromatic nitrogens is 2. The van der Waals surface area contributed by atoms with E-state index in [4.69, 9.17) is 11.6 Å². The molecule has 1 aliphatic carbocycles. The van der Waals surface area contributed by atoms with Crippen LogP contribution in [0.15, 0.2) is 36.4 Å². The molecule has 26 heavy (non-hydrogen) atoms. The second-order valence-corrected chi connectivity index (χ2v) is 7.28. The fourth-order valence-corrected chi connectivity index (χ4v) is 3.51. The van der Waals surface area contributed by atoms with Gasteiger partial charge in [-0.2, -0.15) is 0 Å². The van der Waals surface area contributed by atoms with Crippen molar-refractivity contribution in [1.29, 1.82) is 0 Å². The number of amides is 1. The predicted octanol–water partition coefficient (Wildman–Crippen LogP) is 3.20. The van der Waals surface area contributed by atoms with Gasteiger partial charge in [0.1, 0.15) is 0 Å². The van der Waals surface area contributed by atoms with Gasteiger partial charge in [-0.25, -0.2) is 0 Å². The zero-order chi connectivity index (χ0) is 17.9. The number of halogens is 1. The van der Waals surface area contributed by atoms with Crippen LogP contribution in [0.25, 0.3) is 0 Å². The third kappa shape index (κ3) is 3.75. The summed E-state index contributed by atoms with van der Waals surface area (Å²) in [4.78, 5) is 16.5. The van der Waals surface area contributed by atoms with Crippen LogP contribution in [0.1, 0.15) is 19.3 Å². The van der Waals surface area contributed by atoms with Crippen LogP contribution in [0.5, 0.6) is 0 Å². The number of piperazine rings is 1. The molecule has 0 unspecified atom stereocenters. The Morgan fingerprint density at radius 1 is 1.04 bits per heavy atom. The topological polar surface area (TPSA) is 61.4 Å². The second-order valence-electron chi connectivity index (χ2n) is 6.85. The van der Waals surface area contributed by atoms with Gasteiger partial charge < -0.3 is 15.1 Å². The number of carbonyl (C=O) groups excluding carboxylic acids is 1. The molecule has 1 saturated heterocycles. The summed E-state index contributed by atoms with van der Waals surface area (Å²) in [7, 11) is 0. The first-order valence-electron chi connectivity index (χ1n) is 9.09. The summed E-state index contributed by atoms with van der Waals surface area (Å²) in [6.45, 7) is 3.55. The molecule has 7 heteroatoms. The van der Waals surface area contributed by atoms with E-state index in [1.54, 1.807) is 0 Å². The van der Waals surface area contributed by atoms with Crippen LogP contribution in [-0.4, -0.2) is 42.3 Å². The lowest BCUT2D eigenvalue weighted by Crippen LogP contribution is -2.46. The highest BCUT2D eigenvalue weighted by molar-refractivity contribution is 6.30. The largest absolute Gasteiger partial charge is 0.368 e. The van der Waals surface area contributed by atoms with Crippen LogP contribution in [-0.2, 0) is 4.79 Å². The molecule has 1 aliphatic heterocycles. The summed E-state index contributed by atoms with van der Waals surface area (Å²) in [6.07, 6.45) is 3.10. The Labute approximate surface area is 158 Å². The maximum atomic E-state index is 12.0. The first-order chi connectivity index (χ1) is 12.7. The van der Waals surface area contributed by atoms with Gasteiger partial charge in [0, 0.05) is 42.8 Å². The third-order valence-electron chi connectivity index (χ3n) is 5.15. The maximum Gasteiger partial charge on any atom is 0.228 e. The minimum Gasteiger partial charge on any atom is -0.368 e. The molecule has 1 saturated carbocycles. The van der Waals surface area contributed by atoms with Gasteiger partial charge in [0.25, 0.3) is 0 Å². The molecule has 136 valence electrons. The molecular weight excluding hydrogens is 350 g/mol. The molecule has 1 aromatic carbocycles. The normalized spacial score (nSPS) is 17.7. The van der Waals surface area contributed by atoms with Gasteiger partial charge in [-0.05, 0) is 43.2 Å². The molecule has 1 amide bonds. The van der Waals surface area contributed by atoms with E-state index in [0.717, 1.165) is 62.0 Å². The summed E-state index contributed by atoms with van der Waals surface area (Å²) < 4.78 is 0. The predicted molar refractivity (Wildman–Crippen MR) is 104 cm³/mol. The van der Waals surface area contributed by atoms with E-state index in [0.29, 0.717) is 5.82 Å². The number of rotatable bonds is 4. The van der Waals surface area contributed by atoms with Gasteiger partial charge in [-0.3, -0.25) is 4.79 Å². The number of hydrogen-bond acceptors (Lipinski definition) is 5. The highest BCUT2D eigenvalue weighted by atomic mass is 35.5. The Bertz CT molecular complexity index is 770. The fraction of sp³-hybridized carbons (Fsp3) is 0.421. The molecule has 1 aromatic heterocycles. The smallest absolute Gasteiger partial charge is 0.228 e. The molecular formula is C19H22ClN5O. The van der Waals surface area contributed by atoms with Crippen LogP contribution in [0, 0.1) is 5.92 Å². The monoisotopic (exact) mass is 371 g/mol. The molecule has 2 aliphatic rings. The number of hydrogen-bond donors (Lipinski definition) is 1. The Morgan fingerprint density at radius 2 is 1.81 bits per heavy atom. The summed E-state index contributed by atoms with van der Waals surface area (Å²) >= 11 is 6.09. The minimum absolute atomic E-state index is 0.0634. The maximum absolute atomic E-state index is 12.0. The van der Waals surface area contributed by atoms with Gasteiger partial charge in [0.05, 0.1) is 0 Å². The lowest BCUT2D eigenvalue weighted by Gasteiger charge is -2.36. The van der Waals surface area contributed by atoms with Crippen molar-refractivity contribution in [3.63, 3.8) is 0 Å². The molecule has 2 aromatic rings. The second kappa shape index (κ2) is 7.50. The van der Waals surface area contributed by atoms with Crippen LogP contribution >= 0.6 is 11.6 Å². The van der Waals surface area contributed by atoms with Crippen molar-refractivity contribution in [2.24, 2.45) is 5.92 Å². The molecule has 0 spiro atoms. The highest BCUT2D eigenvalue weighted by Gasteiger charge is 2.25. The van der Waals surface area contributed by atoms with Crippen molar-refractivity contribution in [3.05, 3.63) is 41.4 Å². The van der Waals surface area contributed by atoms with Gasteiger partial charge in [-0.1, -0.05) is 24.1 Å². The van der Waals surface area contributed by atoms with Gasteiger partial charge >= 0.3 is 0 Å². The summed E-state index contributed by atoms with van der Waals surface area (Å²) in [6, 6.07) is 11.7. The minimum atomic E-state index is 0.0634. The van der Waals surface area contributed by atoms with Gasteiger partial charge in [-0.15, -0.1) is 10.2 Å². The quantitative estimate of drug-likeness (QED) is 0.894. The van der Waals surface area contributed by atoms with Crippen LogP contribution < -0.4 is 15.1 Å². The van der Waals surface area contributed by atoms with Crippen LogP contribution in [0.4, 0.5) is 17.3 Å². The summed E-state index contributed by atoms with van der Waals surface area (Å²) in [5.74, 6) is 1.59. The van der Waals surface area contributed by atoms with E-state index in [9.17, 15) is 4.79 Å². The van der Waals surface area contributed by atoms with Gasteiger partial charge in [0.15, 0.2) is 11.6 Å². The molecule has 1 N–H and O–H groups in total. The van der Waals surface area contributed by atoms with Crippen LogP contribution in [0.3, 0.4) is 0 Å². The van der Waals surface area contributed by atoms with Crippen molar-refractivity contribution in [2.75, 3.05) is 41.3 Å². The van der Waals surface area contributed by atoms with Crippen molar-refractivity contribution in [1.82, 2.24) is 10.2 Å². The third-order valence-corrected chi connectivity index (χ3v) is 5.39. The number of carbonyl (C=O) groups is 1. The highest BCUT2D eigenvalue weighted by Crippen LogP contribution is 2.27. The first-order valence-corrected chi connectivity index (χ1v) is 9.47. The van der Waals surface area contributed by atoms with Crippen LogP contribution in [0.2, 0.25) is 5.02 Å². The molecule has 0 atom stereocenters. The van der Waals surface area contributed by atoms with Crippen molar-refractivity contribution in [3.8, 4) is 0 Å². The Morgan fingerprint density at radius 3 is 2.42 bits per heavy atom. The zero-order valence-corrected chi connectivity index (χ0v) is 15.3. The van der Waals surface area contributed by atoms with E-state index < -0.39 is 0 Å². The number of nitrogens with zero attached hydrogens (tertiary/aromatic N) is 4. The van der Waals surface area contributed by atoms with Crippen molar-refractivity contribution < 1.29 is 4.79 Å². The van der Waals surface area contributed by atoms with Gasteiger partial charge in [0.2, 0.25) is 5.91 Å². The van der Waals surface area contributed by atoms with E-state index in [1.807, 2.05) is 30.3 Å². The Kier molecular flexibility index (Phi) is 4.93. The average Bonchev–Trinajstić information content (AvgIpc) is 2.61. The first kappa shape index (κ1) is 17.1. The standard InChI is InChI=1S/C19H22ClN5O/c20-15-5-2-6-16(13-15)24-9-11-25(12-10-24)18-8-7-17(22-23-18)21-19(26)14-3-1-4-14/h2,5-8,13-14H,1,3-4,9-12H2,(H,21,22,26). The number of nitrogens with one attached hydrogen (secondary N) is 1. The summed E-state index contributed by atoms with van der Waals surface area (Å²) in [5, 5.41) is 12.1. The molecule has 0 radical (unpaired) electrons. The lowest BCUT2D eigenvalue weighted by atomic mass is 9.85. The molecule has 4 rings (SSSR count). The van der Waals surface area contributed by atoms with Crippen molar-refractivity contribution in [2.45, 2.75) is 19.3 Å². The average molecular weight is 372 g/mol. The van der Waals surface area contributed by atoms with E-state index in [1.165, 1.54) is 0 Å². The molecule has 0 bridgehead atoms. The number of benzene rings is 1. The fourth-order valence-electron chi connectivity index (χ4n) is 3.33. The number of anilines is 3. The zero-order valence-electron chi connectivity index (χ0n) is 14.6.